The van der Waals surface area contributed by atoms with Crippen LogP contribution in [0, 0.1) is 26.2 Å². The van der Waals surface area contributed by atoms with E-state index in [9.17, 15) is 0 Å². The van der Waals surface area contributed by atoms with E-state index >= 15 is 0 Å². The molecule has 0 aliphatic heterocycles. The van der Waals surface area contributed by atoms with Crippen LogP contribution in [0.2, 0.25) is 0 Å². The van der Waals surface area contributed by atoms with Crippen LogP contribution in [0.5, 0.6) is 0 Å². The molecule has 0 radical (unpaired) electrons. The molecule has 0 atom stereocenters. The molecule has 0 amide bonds. The van der Waals surface area contributed by atoms with Gasteiger partial charge in [0.2, 0.25) is 0 Å². The summed E-state index contributed by atoms with van der Waals surface area (Å²) < 4.78 is 3.18. The Morgan fingerprint density at radius 3 is 1.54 bits per heavy atom. The summed E-state index contributed by atoms with van der Waals surface area (Å²) in [4.78, 5) is 18.1. The van der Waals surface area contributed by atoms with Gasteiger partial charge in [0.1, 0.15) is 0 Å². The molecule has 0 saturated carbocycles. The van der Waals surface area contributed by atoms with E-state index in [2.05, 4.69) is 32.6 Å². The van der Waals surface area contributed by atoms with E-state index in [-0.39, 0.29) is 20.4 Å². The predicted octanol–water partition coefficient (Wildman–Crippen LogP) is 2.18. The molecule has 9 heteroatoms. The summed E-state index contributed by atoms with van der Waals surface area (Å²) in [5, 5.41) is 8.70. The van der Waals surface area contributed by atoms with Crippen molar-refractivity contribution >= 4 is 0 Å². The van der Waals surface area contributed by atoms with Gasteiger partial charge in [0.05, 0.1) is 23.0 Å². The molecular formula is C19H18N8Pd. The van der Waals surface area contributed by atoms with Crippen LogP contribution in [0.1, 0.15) is 36.6 Å². The van der Waals surface area contributed by atoms with Crippen molar-refractivity contribution < 1.29 is 20.4 Å². The summed E-state index contributed by atoms with van der Waals surface area (Å²) in [5.74, 6) is 1.21. The summed E-state index contributed by atoms with van der Waals surface area (Å²) in [6.45, 7) is 7.88. The molecular weight excluding hydrogens is 447 g/mol. The first-order chi connectivity index (χ1) is 12.9. The van der Waals surface area contributed by atoms with Gasteiger partial charge in [-0.1, -0.05) is 26.2 Å². The molecule has 0 aromatic carbocycles. The molecule has 0 aliphatic carbocycles. The molecule has 4 aromatic rings. The van der Waals surface area contributed by atoms with Gasteiger partial charge >= 0.3 is 20.4 Å². The predicted molar refractivity (Wildman–Crippen MR) is 97.6 cm³/mol. The molecule has 0 fully saturated rings. The van der Waals surface area contributed by atoms with Crippen molar-refractivity contribution in [3.8, 4) is 11.6 Å². The fraction of sp³-hybridized carbons (Fsp3) is 0.263. The average Bonchev–Trinajstić information content (AvgIpc) is 3.30. The van der Waals surface area contributed by atoms with E-state index in [4.69, 9.17) is 9.97 Å². The first kappa shape index (κ1) is 20.0. The second kappa shape index (κ2) is 7.70. The van der Waals surface area contributed by atoms with Crippen LogP contribution in [0.4, 0.5) is 0 Å². The molecule has 0 unspecified atom stereocenters. The molecule has 0 spiro atoms. The summed E-state index contributed by atoms with van der Waals surface area (Å²) in [7, 11) is 0. The van der Waals surface area contributed by atoms with Gasteiger partial charge in [-0.2, -0.15) is 0 Å². The Morgan fingerprint density at radius 2 is 1.18 bits per heavy atom. The fourth-order valence-electron chi connectivity index (χ4n) is 2.62. The van der Waals surface area contributed by atoms with Gasteiger partial charge in [0.15, 0.2) is 0 Å². The molecule has 0 saturated heterocycles. The maximum Gasteiger partial charge on any atom is 2.00 e. The summed E-state index contributed by atoms with van der Waals surface area (Å²) in [5.41, 5.74) is 2.73. The number of rotatable bonds is 4. The number of aromatic nitrogens is 8. The maximum atomic E-state index is 4.72. The number of aryl methyl sites for hydroxylation is 2. The van der Waals surface area contributed by atoms with E-state index in [1.807, 2.05) is 27.7 Å². The first-order valence-electron chi connectivity index (χ1n) is 8.48. The Bertz CT molecular complexity index is 1010. The zero-order chi connectivity index (χ0) is 19.0. The van der Waals surface area contributed by atoms with Gasteiger partial charge in [-0.3, -0.25) is 30.1 Å². The minimum atomic E-state index is -0.517. The molecule has 0 bridgehead atoms. The van der Waals surface area contributed by atoms with Crippen molar-refractivity contribution in [1.29, 1.82) is 0 Å². The minimum Gasteiger partial charge on any atom is -0.342 e. The molecule has 0 aliphatic rings. The topological polar surface area (TPSA) is 87.2 Å². The third-order valence-corrected chi connectivity index (χ3v) is 4.27. The van der Waals surface area contributed by atoms with Crippen LogP contribution in [0.15, 0.2) is 36.9 Å². The van der Waals surface area contributed by atoms with Gasteiger partial charge in [-0.05, 0) is 25.2 Å². The van der Waals surface area contributed by atoms with E-state index in [0.29, 0.717) is 11.6 Å². The van der Waals surface area contributed by atoms with Crippen molar-refractivity contribution in [2.45, 2.75) is 33.1 Å². The molecule has 8 nitrogen and oxygen atoms in total. The average molecular weight is 465 g/mol. The normalized spacial score (nSPS) is 11.3. The van der Waals surface area contributed by atoms with Gasteiger partial charge < -0.3 is 9.36 Å². The standard InChI is InChI=1S/C19H18N8.Pd/c1-13-5-7-26(24-13)17-11-20-9-15(22-17)19(3,4)16-10-21-12-18(23-16)27-8-6-14(2)25-27;/h5-6,9-12H,1-4H3;/q-2;+2. The van der Waals surface area contributed by atoms with Crippen LogP contribution in [-0.2, 0) is 25.8 Å². The maximum absolute atomic E-state index is 4.72. The van der Waals surface area contributed by atoms with Crippen LogP contribution >= 0.6 is 0 Å². The zero-order valence-corrected chi connectivity index (χ0v) is 17.4. The number of nitrogens with zero attached hydrogens (tertiary/aromatic N) is 8. The smallest absolute Gasteiger partial charge is 0.342 e. The Hall–Kier alpha value is -2.76. The molecule has 144 valence electrons. The monoisotopic (exact) mass is 464 g/mol. The molecule has 4 aromatic heterocycles. The Morgan fingerprint density at radius 1 is 0.750 bits per heavy atom. The van der Waals surface area contributed by atoms with Crippen LogP contribution in [0.25, 0.3) is 11.6 Å². The molecule has 0 N–H and O–H groups in total. The fourth-order valence-corrected chi connectivity index (χ4v) is 2.62. The summed E-state index contributed by atoms with van der Waals surface area (Å²) in [6.07, 6.45) is 12.9. The second-order valence-electron chi connectivity index (χ2n) is 6.80. The summed E-state index contributed by atoms with van der Waals surface area (Å²) in [6, 6.07) is 3.61. The first-order valence-corrected chi connectivity index (χ1v) is 8.48. The van der Waals surface area contributed by atoms with E-state index in [1.54, 1.807) is 46.3 Å². The molecule has 28 heavy (non-hydrogen) atoms. The second-order valence-corrected chi connectivity index (χ2v) is 6.80. The van der Waals surface area contributed by atoms with Gasteiger partial charge in [-0.25, -0.2) is 0 Å². The Labute approximate surface area is 176 Å². The van der Waals surface area contributed by atoms with Gasteiger partial charge in [-0.15, -0.1) is 12.1 Å². The van der Waals surface area contributed by atoms with Crippen molar-refractivity contribution in [3.05, 3.63) is 72.1 Å². The Balaban J connectivity index is 0.00000225. The van der Waals surface area contributed by atoms with Crippen molar-refractivity contribution in [2.24, 2.45) is 0 Å². The minimum absolute atomic E-state index is 0. The third kappa shape index (κ3) is 3.77. The van der Waals surface area contributed by atoms with Crippen molar-refractivity contribution in [2.75, 3.05) is 0 Å². The largest absolute Gasteiger partial charge is 2.00 e. The van der Waals surface area contributed by atoms with E-state index in [1.165, 1.54) is 0 Å². The molecule has 4 rings (SSSR count). The van der Waals surface area contributed by atoms with Crippen LogP contribution < -0.4 is 0 Å². The zero-order valence-electron chi connectivity index (χ0n) is 15.9. The van der Waals surface area contributed by atoms with E-state index in [0.717, 1.165) is 22.8 Å². The van der Waals surface area contributed by atoms with Crippen LogP contribution in [0.3, 0.4) is 0 Å². The summed E-state index contributed by atoms with van der Waals surface area (Å²) >= 11 is 0. The number of hydrogen-bond donors (Lipinski definition) is 0. The Kier molecular flexibility index (Phi) is 5.50. The quantitative estimate of drug-likeness (QED) is 0.340. The third-order valence-electron chi connectivity index (χ3n) is 4.27. The van der Waals surface area contributed by atoms with Crippen molar-refractivity contribution in [3.63, 3.8) is 0 Å². The van der Waals surface area contributed by atoms with Gasteiger partial charge in [0.25, 0.3) is 0 Å². The van der Waals surface area contributed by atoms with Crippen molar-refractivity contribution in [1.82, 2.24) is 39.5 Å². The van der Waals surface area contributed by atoms with Crippen LogP contribution in [-0.4, -0.2) is 39.5 Å². The SMILES string of the molecule is Cc1c[c-]n(-c2cncc(C(C)(C)c3cncc(-n4[c-]cc(C)n4)n3)n2)n1.[Pd+2]. The molecule has 4 heterocycles. The van der Waals surface area contributed by atoms with E-state index < -0.39 is 5.41 Å². The number of hydrogen-bond acceptors (Lipinski definition) is 6. The van der Waals surface area contributed by atoms with Gasteiger partial charge in [0, 0.05) is 30.2 Å².